The molecule has 11 heteroatoms. The summed E-state index contributed by atoms with van der Waals surface area (Å²) in [4.78, 5) is 49.9. The maximum Gasteiger partial charge on any atom is 0.335 e. The second kappa shape index (κ2) is 10.8. The van der Waals surface area contributed by atoms with Gasteiger partial charge in [0.1, 0.15) is 12.2 Å². The first-order valence-electron chi connectivity index (χ1n) is 10.7. The van der Waals surface area contributed by atoms with Crippen LogP contribution in [0.1, 0.15) is 27.0 Å². The van der Waals surface area contributed by atoms with Crippen LogP contribution in [-0.2, 0) is 16.2 Å². The molecule has 37 heavy (non-hydrogen) atoms. The molecule has 0 aromatic heterocycles. The number of carboxylic acid groups (broad SMARTS) is 1. The van der Waals surface area contributed by atoms with Gasteiger partial charge in [-0.3, -0.25) is 14.9 Å². The van der Waals surface area contributed by atoms with Crippen LogP contribution in [0.2, 0.25) is 10.0 Å². The van der Waals surface area contributed by atoms with E-state index in [1.54, 1.807) is 37.3 Å². The number of aromatic carboxylic acids is 1. The van der Waals surface area contributed by atoms with Gasteiger partial charge < -0.3 is 9.84 Å². The van der Waals surface area contributed by atoms with Crippen molar-refractivity contribution in [1.82, 2.24) is 5.32 Å². The molecule has 0 aliphatic carbocycles. The molecule has 4 amide bonds. The lowest BCUT2D eigenvalue weighted by Crippen LogP contribution is -2.54. The molecule has 1 aliphatic rings. The lowest BCUT2D eigenvalue weighted by atomic mass is 10.1. The van der Waals surface area contributed by atoms with Crippen LogP contribution >= 0.6 is 39.1 Å². The summed E-state index contributed by atoms with van der Waals surface area (Å²) in [6.07, 6.45) is 1.32. The molecular weight excluding hydrogens is 587 g/mol. The summed E-state index contributed by atoms with van der Waals surface area (Å²) in [5.74, 6) is -2.37. The quantitative estimate of drug-likeness (QED) is 0.264. The molecule has 1 saturated heterocycles. The molecule has 0 saturated carbocycles. The number of carboxylic acids is 1. The number of benzene rings is 3. The van der Waals surface area contributed by atoms with Crippen molar-refractivity contribution < 1.29 is 29.0 Å². The summed E-state index contributed by atoms with van der Waals surface area (Å²) in [5.41, 5.74) is 2.00. The maximum absolute atomic E-state index is 13.1. The Morgan fingerprint density at radius 2 is 1.76 bits per heavy atom. The zero-order valence-electron chi connectivity index (χ0n) is 19.1. The molecule has 0 radical (unpaired) electrons. The monoisotopic (exact) mass is 602 g/mol. The van der Waals surface area contributed by atoms with E-state index in [1.807, 2.05) is 0 Å². The first kappa shape index (κ1) is 26.4. The van der Waals surface area contributed by atoms with E-state index >= 15 is 0 Å². The minimum absolute atomic E-state index is 0.121. The largest absolute Gasteiger partial charge is 0.486 e. The number of carbonyl (C=O) groups is 4. The van der Waals surface area contributed by atoms with Crippen molar-refractivity contribution in [1.29, 1.82) is 0 Å². The van der Waals surface area contributed by atoms with Crippen molar-refractivity contribution >= 4 is 74.7 Å². The van der Waals surface area contributed by atoms with Gasteiger partial charge in [0.2, 0.25) is 0 Å². The van der Waals surface area contributed by atoms with E-state index in [0.717, 1.165) is 16.0 Å². The predicted molar refractivity (Wildman–Crippen MR) is 142 cm³/mol. The standard InChI is InChI=1S/C26H17BrCl2N2O6/c1-13-2-7-17(11-20(13)28)31-24(33)18(23(32)30-26(31)36)8-15-9-19(27)22(21(29)10-15)37-12-14-3-5-16(6-4-14)25(34)35/h2-11H,12H2,1H3,(H,34,35)(H,30,32,36)/b18-8-. The fourth-order valence-electron chi connectivity index (χ4n) is 3.48. The number of halogens is 3. The Hall–Kier alpha value is -3.66. The smallest absolute Gasteiger partial charge is 0.335 e. The molecule has 1 fully saturated rings. The molecule has 8 nitrogen and oxygen atoms in total. The Labute approximate surface area is 229 Å². The number of imide groups is 2. The van der Waals surface area contributed by atoms with Gasteiger partial charge in [0.05, 0.1) is 20.7 Å². The number of ether oxygens (including phenoxy) is 1. The third kappa shape index (κ3) is 5.69. The van der Waals surface area contributed by atoms with Gasteiger partial charge in [0.25, 0.3) is 11.8 Å². The van der Waals surface area contributed by atoms with Gasteiger partial charge >= 0.3 is 12.0 Å². The molecule has 0 atom stereocenters. The highest BCUT2D eigenvalue weighted by Crippen LogP contribution is 2.36. The van der Waals surface area contributed by atoms with Crippen LogP contribution in [0.3, 0.4) is 0 Å². The number of amides is 4. The first-order chi connectivity index (χ1) is 17.5. The molecule has 188 valence electrons. The number of barbiturate groups is 1. The molecule has 0 unspecified atom stereocenters. The van der Waals surface area contributed by atoms with Crippen molar-refractivity contribution in [3.8, 4) is 5.75 Å². The number of anilines is 1. The number of rotatable bonds is 6. The van der Waals surface area contributed by atoms with Gasteiger partial charge in [-0.05, 0) is 82.0 Å². The number of nitrogens with one attached hydrogen (secondary N) is 1. The summed E-state index contributed by atoms with van der Waals surface area (Å²) in [6, 6.07) is 13.1. The van der Waals surface area contributed by atoms with E-state index in [-0.39, 0.29) is 28.5 Å². The molecule has 4 rings (SSSR count). The Bertz CT molecular complexity index is 1460. The van der Waals surface area contributed by atoms with E-state index in [2.05, 4.69) is 21.2 Å². The summed E-state index contributed by atoms with van der Waals surface area (Å²) in [5, 5.41) is 11.7. The van der Waals surface area contributed by atoms with Gasteiger partial charge in [-0.15, -0.1) is 0 Å². The topological polar surface area (TPSA) is 113 Å². The molecule has 1 heterocycles. The molecule has 0 spiro atoms. The molecule has 2 N–H and O–H groups in total. The zero-order valence-corrected chi connectivity index (χ0v) is 22.1. The van der Waals surface area contributed by atoms with E-state index in [1.165, 1.54) is 30.3 Å². The lowest BCUT2D eigenvalue weighted by Gasteiger charge is -2.26. The van der Waals surface area contributed by atoms with E-state index < -0.39 is 23.8 Å². The summed E-state index contributed by atoms with van der Waals surface area (Å²) < 4.78 is 6.25. The third-order valence-corrected chi connectivity index (χ3v) is 6.71. The van der Waals surface area contributed by atoms with Crippen molar-refractivity contribution in [2.45, 2.75) is 13.5 Å². The second-order valence-electron chi connectivity index (χ2n) is 8.00. The number of nitrogens with zero attached hydrogens (tertiary/aromatic N) is 1. The van der Waals surface area contributed by atoms with E-state index in [0.29, 0.717) is 20.8 Å². The van der Waals surface area contributed by atoms with Crippen LogP contribution in [0.5, 0.6) is 5.75 Å². The van der Waals surface area contributed by atoms with Crippen LogP contribution in [0, 0.1) is 6.92 Å². The number of aryl methyl sites for hydroxylation is 1. The van der Waals surface area contributed by atoms with Gasteiger partial charge in [0.15, 0.2) is 5.75 Å². The number of hydrogen-bond acceptors (Lipinski definition) is 5. The highest BCUT2D eigenvalue weighted by molar-refractivity contribution is 9.10. The highest BCUT2D eigenvalue weighted by atomic mass is 79.9. The second-order valence-corrected chi connectivity index (χ2v) is 9.66. The van der Waals surface area contributed by atoms with Gasteiger partial charge in [-0.1, -0.05) is 41.4 Å². The van der Waals surface area contributed by atoms with Crippen LogP contribution in [0.4, 0.5) is 10.5 Å². The van der Waals surface area contributed by atoms with Gasteiger partial charge in [-0.2, -0.15) is 0 Å². The van der Waals surface area contributed by atoms with Gasteiger partial charge in [0, 0.05) is 5.02 Å². The van der Waals surface area contributed by atoms with E-state index in [4.69, 9.17) is 33.0 Å². The molecule has 3 aromatic rings. The zero-order chi connectivity index (χ0) is 26.9. The number of urea groups is 1. The van der Waals surface area contributed by atoms with Crippen molar-refractivity contribution in [3.05, 3.63) is 96.9 Å². The predicted octanol–water partition coefficient (Wildman–Crippen LogP) is 6.01. The van der Waals surface area contributed by atoms with E-state index in [9.17, 15) is 19.2 Å². The van der Waals surface area contributed by atoms with Crippen LogP contribution in [0.15, 0.2) is 64.6 Å². The van der Waals surface area contributed by atoms with Crippen LogP contribution < -0.4 is 15.0 Å². The van der Waals surface area contributed by atoms with Gasteiger partial charge in [-0.25, -0.2) is 14.5 Å². The first-order valence-corrected chi connectivity index (χ1v) is 12.2. The lowest BCUT2D eigenvalue weighted by molar-refractivity contribution is -0.122. The molecule has 0 bridgehead atoms. The number of hydrogen-bond donors (Lipinski definition) is 2. The third-order valence-electron chi connectivity index (χ3n) is 5.43. The molecular formula is C26H17BrCl2N2O6. The minimum atomic E-state index is -1.02. The Kier molecular flexibility index (Phi) is 7.68. The summed E-state index contributed by atoms with van der Waals surface area (Å²) >= 11 is 16.0. The summed E-state index contributed by atoms with van der Waals surface area (Å²) in [7, 11) is 0. The Morgan fingerprint density at radius 1 is 1.05 bits per heavy atom. The van der Waals surface area contributed by atoms with Crippen molar-refractivity contribution in [2.24, 2.45) is 0 Å². The molecule has 1 aliphatic heterocycles. The maximum atomic E-state index is 13.1. The average Bonchev–Trinajstić information content (AvgIpc) is 2.83. The average molecular weight is 604 g/mol. The fraction of sp³-hybridized carbons (Fsp3) is 0.0769. The van der Waals surface area contributed by atoms with Crippen LogP contribution in [0.25, 0.3) is 6.08 Å². The fourth-order valence-corrected chi connectivity index (χ4v) is 4.64. The molecule has 3 aromatic carbocycles. The van der Waals surface area contributed by atoms with Crippen LogP contribution in [-0.4, -0.2) is 28.9 Å². The highest BCUT2D eigenvalue weighted by Gasteiger charge is 2.37. The SMILES string of the molecule is Cc1ccc(N2C(=O)NC(=O)/C(=C/c3cc(Cl)c(OCc4ccc(C(=O)O)cc4)c(Br)c3)C2=O)cc1Cl. The Morgan fingerprint density at radius 3 is 2.38 bits per heavy atom. The van der Waals surface area contributed by atoms with Crippen molar-refractivity contribution in [2.75, 3.05) is 4.90 Å². The minimum Gasteiger partial charge on any atom is -0.486 e. The van der Waals surface area contributed by atoms with Crippen molar-refractivity contribution in [3.63, 3.8) is 0 Å². The normalized spacial score (nSPS) is 14.6. The number of carbonyl (C=O) groups excluding carboxylic acids is 3. The Balaban J connectivity index is 1.58. The summed E-state index contributed by atoms with van der Waals surface area (Å²) in [6.45, 7) is 1.90.